The number of nitrogens with one attached hydrogen (secondary N) is 2. The average Bonchev–Trinajstić information content (AvgIpc) is 2.52. The SMILES string of the molecule is O=C(NCCSCc1c(F)cccc1Cl)Nc1ccc(Cl)cc1. The fourth-order valence-electron chi connectivity index (χ4n) is 1.79. The minimum atomic E-state index is -0.307. The Morgan fingerprint density at radius 1 is 1.13 bits per heavy atom. The standard InChI is InChI=1S/C16H15Cl2FN2OS/c17-11-4-6-12(7-5-11)21-16(22)20-8-9-23-10-13-14(18)2-1-3-15(13)19/h1-7H,8-10H2,(H2,20,21,22). The molecule has 3 nitrogen and oxygen atoms in total. The van der Waals surface area contributed by atoms with Crippen molar-refractivity contribution in [3.8, 4) is 0 Å². The molecule has 2 aromatic rings. The third-order valence-electron chi connectivity index (χ3n) is 2.94. The highest BCUT2D eigenvalue weighted by Crippen LogP contribution is 2.23. The van der Waals surface area contributed by atoms with Crippen LogP contribution in [0.2, 0.25) is 10.0 Å². The second kappa shape index (κ2) is 9.01. The molecule has 0 spiro atoms. The summed E-state index contributed by atoms with van der Waals surface area (Å²) in [7, 11) is 0. The lowest BCUT2D eigenvalue weighted by Crippen LogP contribution is -2.30. The maximum Gasteiger partial charge on any atom is 0.319 e. The van der Waals surface area contributed by atoms with Crippen LogP contribution in [0.4, 0.5) is 14.9 Å². The van der Waals surface area contributed by atoms with E-state index in [1.54, 1.807) is 36.4 Å². The van der Waals surface area contributed by atoms with Gasteiger partial charge in [0.15, 0.2) is 0 Å². The van der Waals surface area contributed by atoms with Gasteiger partial charge in [-0.3, -0.25) is 0 Å². The van der Waals surface area contributed by atoms with Crippen LogP contribution in [-0.4, -0.2) is 18.3 Å². The highest BCUT2D eigenvalue weighted by molar-refractivity contribution is 7.98. The normalized spacial score (nSPS) is 10.4. The van der Waals surface area contributed by atoms with Gasteiger partial charge in [-0.05, 0) is 36.4 Å². The molecule has 122 valence electrons. The fraction of sp³-hybridized carbons (Fsp3) is 0.188. The summed E-state index contributed by atoms with van der Waals surface area (Å²) in [4.78, 5) is 11.7. The number of carbonyl (C=O) groups excluding carboxylic acids is 1. The molecule has 2 amide bonds. The largest absolute Gasteiger partial charge is 0.337 e. The van der Waals surface area contributed by atoms with Crippen LogP contribution in [-0.2, 0) is 5.75 Å². The van der Waals surface area contributed by atoms with Crippen molar-refractivity contribution in [3.63, 3.8) is 0 Å². The molecule has 0 aliphatic rings. The van der Waals surface area contributed by atoms with E-state index in [2.05, 4.69) is 10.6 Å². The molecule has 0 atom stereocenters. The first-order valence-electron chi connectivity index (χ1n) is 6.87. The van der Waals surface area contributed by atoms with Crippen LogP contribution in [0.15, 0.2) is 42.5 Å². The molecule has 0 aromatic heterocycles. The highest BCUT2D eigenvalue weighted by Gasteiger charge is 2.07. The Kier molecular flexibility index (Phi) is 7.02. The van der Waals surface area contributed by atoms with Crippen molar-refractivity contribution in [3.05, 3.63) is 63.9 Å². The van der Waals surface area contributed by atoms with Crippen molar-refractivity contribution < 1.29 is 9.18 Å². The quantitative estimate of drug-likeness (QED) is 0.685. The van der Waals surface area contributed by atoms with Gasteiger partial charge in [0.1, 0.15) is 5.82 Å². The van der Waals surface area contributed by atoms with Crippen LogP contribution in [0.5, 0.6) is 0 Å². The number of amides is 2. The maximum atomic E-state index is 13.6. The number of hydrogen-bond acceptors (Lipinski definition) is 2. The molecule has 23 heavy (non-hydrogen) atoms. The van der Waals surface area contributed by atoms with Gasteiger partial charge in [-0.25, -0.2) is 9.18 Å². The number of hydrogen-bond donors (Lipinski definition) is 2. The summed E-state index contributed by atoms with van der Waals surface area (Å²) in [6.45, 7) is 0.468. The lowest BCUT2D eigenvalue weighted by molar-refractivity contribution is 0.252. The van der Waals surface area contributed by atoms with Crippen molar-refractivity contribution in [1.82, 2.24) is 5.32 Å². The van der Waals surface area contributed by atoms with E-state index in [9.17, 15) is 9.18 Å². The van der Waals surface area contributed by atoms with Crippen LogP contribution in [0, 0.1) is 5.82 Å². The predicted octanol–water partition coefficient (Wildman–Crippen LogP) is 5.19. The van der Waals surface area contributed by atoms with Gasteiger partial charge in [0.25, 0.3) is 0 Å². The number of halogens is 3. The first kappa shape index (κ1) is 17.9. The molecular weight excluding hydrogens is 358 g/mol. The van der Waals surface area contributed by atoms with Crippen LogP contribution in [0.3, 0.4) is 0 Å². The maximum absolute atomic E-state index is 13.6. The summed E-state index contributed by atoms with van der Waals surface area (Å²) in [6.07, 6.45) is 0. The van der Waals surface area contributed by atoms with E-state index in [1.807, 2.05) is 0 Å². The molecule has 0 radical (unpaired) electrons. The lowest BCUT2D eigenvalue weighted by Gasteiger charge is -2.08. The topological polar surface area (TPSA) is 41.1 Å². The van der Waals surface area contributed by atoms with Crippen molar-refractivity contribution in [2.45, 2.75) is 5.75 Å². The van der Waals surface area contributed by atoms with E-state index >= 15 is 0 Å². The Morgan fingerprint density at radius 3 is 2.57 bits per heavy atom. The van der Waals surface area contributed by atoms with Crippen LogP contribution in [0.1, 0.15) is 5.56 Å². The van der Waals surface area contributed by atoms with Gasteiger partial charge in [0.2, 0.25) is 0 Å². The summed E-state index contributed by atoms with van der Waals surface area (Å²) in [5, 5.41) is 6.46. The van der Waals surface area contributed by atoms with E-state index in [0.717, 1.165) is 0 Å². The summed E-state index contributed by atoms with van der Waals surface area (Å²) >= 11 is 13.2. The number of rotatable bonds is 6. The van der Waals surface area contributed by atoms with Gasteiger partial charge >= 0.3 is 6.03 Å². The van der Waals surface area contributed by atoms with Gasteiger partial charge < -0.3 is 10.6 Å². The van der Waals surface area contributed by atoms with Gasteiger partial charge in [-0.15, -0.1) is 0 Å². The van der Waals surface area contributed by atoms with Gasteiger partial charge in [-0.2, -0.15) is 11.8 Å². The molecule has 0 saturated carbocycles. The second-order valence-corrected chi connectivity index (χ2v) is 6.59. The smallest absolute Gasteiger partial charge is 0.319 e. The van der Waals surface area contributed by atoms with Crippen molar-refractivity contribution >= 4 is 46.7 Å². The zero-order chi connectivity index (χ0) is 16.7. The third kappa shape index (κ3) is 5.94. The number of urea groups is 1. The first-order valence-corrected chi connectivity index (χ1v) is 8.78. The van der Waals surface area contributed by atoms with E-state index in [0.29, 0.717) is 39.3 Å². The number of benzene rings is 2. The van der Waals surface area contributed by atoms with Gasteiger partial charge in [-0.1, -0.05) is 29.3 Å². The van der Waals surface area contributed by atoms with E-state index < -0.39 is 0 Å². The minimum absolute atomic E-state index is 0.295. The fourth-order valence-corrected chi connectivity index (χ4v) is 3.11. The number of thioether (sulfide) groups is 1. The van der Waals surface area contributed by atoms with E-state index in [-0.39, 0.29) is 11.8 Å². The molecule has 0 unspecified atom stereocenters. The summed E-state index contributed by atoms with van der Waals surface area (Å²) in [6, 6.07) is 11.2. The Morgan fingerprint density at radius 2 is 1.87 bits per heavy atom. The zero-order valence-electron chi connectivity index (χ0n) is 12.1. The molecule has 2 N–H and O–H groups in total. The molecule has 0 bridgehead atoms. The Bertz CT molecular complexity index is 647. The monoisotopic (exact) mass is 372 g/mol. The molecule has 0 saturated heterocycles. The van der Waals surface area contributed by atoms with Gasteiger partial charge in [0.05, 0.1) is 0 Å². The highest BCUT2D eigenvalue weighted by atomic mass is 35.5. The van der Waals surface area contributed by atoms with Crippen LogP contribution < -0.4 is 10.6 Å². The molecule has 0 aliphatic carbocycles. The van der Waals surface area contributed by atoms with Crippen LogP contribution >= 0.6 is 35.0 Å². The lowest BCUT2D eigenvalue weighted by atomic mass is 10.2. The van der Waals surface area contributed by atoms with Crippen molar-refractivity contribution in [1.29, 1.82) is 0 Å². The summed E-state index contributed by atoms with van der Waals surface area (Å²) in [5.41, 5.74) is 1.16. The zero-order valence-corrected chi connectivity index (χ0v) is 14.4. The minimum Gasteiger partial charge on any atom is -0.337 e. The molecule has 0 heterocycles. The van der Waals surface area contributed by atoms with Crippen molar-refractivity contribution in [2.24, 2.45) is 0 Å². The van der Waals surface area contributed by atoms with Gasteiger partial charge in [0, 0.05) is 39.3 Å². The predicted molar refractivity (Wildman–Crippen MR) is 96.0 cm³/mol. The summed E-state index contributed by atoms with van der Waals surface area (Å²) < 4.78 is 13.6. The number of anilines is 1. The molecule has 7 heteroatoms. The molecule has 0 fully saturated rings. The van der Waals surface area contributed by atoms with Crippen molar-refractivity contribution in [2.75, 3.05) is 17.6 Å². The molecule has 2 rings (SSSR count). The third-order valence-corrected chi connectivity index (χ3v) is 4.53. The second-order valence-electron chi connectivity index (χ2n) is 4.64. The summed E-state index contributed by atoms with van der Waals surface area (Å²) in [5.74, 6) is 0.809. The van der Waals surface area contributed by atoms with E-state index in [4.69, 9.17) is 23.2 Å². The van der Waals surface area contributed by atoms with Crippen LogP contribution in [0.25, 0.3) is 0 Å². The van der Waals surface area contributed by atoms with E-state index in [1.165, 1.54) is 17.8 Å². The Balaban J connectivity index is 1.67. The average molecular weight is 373 g/mol. The number of carbonyl (C=O) groups is 1. The Labute approximate surface area is 148 Å². The Hall–Kier alpha value is -1.43. The molecular formula is C16H15Cl2FN2OS. The first-order chi connectivity index (χ1) is 11.1. The molecule has 0 aliphatic heterocycles. The molecule has 2 aromatic carbocycles.